The van der Waals surface area contributed by atoms with Crippen LogP contribution in [0.2, 0.25) is 0 Å². The molecule has 0 bridgehead atoms. The summed E-state index contributed by atoms with van der Waals surface area (Å²) in [5.74, 6) is -0.473. The van der Waals surface area contributed by atoms with Crippen molar-refractivity contribution < 1.29 is 8.42 Å². The second-order valence-electron chi connectivity index (χ2n) is 3.77. The first-order chi connectivity index (χ1) is 8.56. The summed E-state index contributed by atoms with van der Waals surface area (Å²) in [7, 11) is -3.54. The predicted octanol–water partition coefficient (Wildman–Crippen LogP) is 2.38. The van der Waals surface area contributed by atoms with Crippen molar-refractivity contribution in [2.24, 2.45) is 0 Å². The first kappa shape index (κ1) is 15.2. The third kappa shape index (κ3) is 3.55. The van der Waals surface area contributed by atoms with Crippen LogP contribution in [0.25, 0.3) is 0 Å². The van der Waals surface area contributed by atoms with Crippen LogP contribution in [0.3, 0.4) is 0 Å². The van der Waals surface area contributed by atoms with Gasteiger partial charge in [-0.15, -0.1) is 0 Å². The molecule has 0 radical (unpaired) electrons. The molecule has 1 N–H and O–H groups in total. The summed E-state index contributed by atoms with van der Waals surface area (Å²) < 4.78 is 26.7. The Morgan fingerprint density at radius 3 is 2.67 bits per heavy atom. The van der Waals surface area contributed by atoms with Crippen LogP contribution in [0.15, 0.2) is 29.2 Å². The molecule has 18 heavy (non-hydrogen) atoms. The van der Waals surface area contributed by atoms with E-state index in [4.69, 9.17) is 5.26 Å². The molecule has 0 aliphatic carbocycles. The van der Waals surface area contributed by atoms with E-state index >= 15 is 0 Å². The molecule has 1 aromatic carbocycles. The van der Waals surface area contributed by atoms with Gasteiger partial charge in [0.2, 0.25) is 10.0 Å². The molecule has 0 aliphatic heterocycles. The summed E-state index contributed by atoms with van der Waals surface area (Å²) in [6, 6.07) is 8.70. The zero-order chi connectivity index (χ0) is 13.6. The topological polar surface area (TPSA) is 70.0 Å². The maximum atomic E-state index is 12.1. The number of hydrogen-bond acceptors (Lipinski definition) is 3. The number of hydrogen-bond donors (Lipinski definition) is 1. The fourth-order valence-corrected chi connectivity index (χ4v) is 3.41. The van der Waals surface area contributed by atoms with Gasteiger partial charge in [-0.1, -0.05) is 41.1 Å². The van der Waals surface area contributed by atoms with E-state index in [0.29, 0.717) is 17.4 Å². The summed E-state index contributed by atoms with van der Waals surface area (Å²) >= 11 is 3.23. The maximum absolute atomic E-state index is 12.1. The van der Waals surface area contributed by atoms with Crippen molar-refractivity contribution in [1.29, 1.82) is 5.26 Å². The molecule has 1 unspecified atom stereocenters. The van der Waals surface area contributed by atoms with Crippen LogP contribution in [-0.4, -0.2) is 20.3 Å². The normalized spacial score (nSPS) is 12.9. The molecule has 0 amide bonds. The summed E-state index contributed by atoms with van der Waals surface area (Å²) in [5, 5.41) is 9.46. The van der Waals surface area contributed by atoms with Gasteiger partial charge in [0.1, 0.15) is 0 Å². The van der Waals surface area contributed by atoms with Crippen LogP contribution in [0.5, 0.6) is 0 Å². The van der Waals surface area contributed by atoms with E-state index in [9.17, 15) is 8.42 Å². The van der Waals surface area contributed by atoms with Crippen LogP contribution >= 0.6 is 15.9 Å². The Morgan fingerprint density at radius 1 is 1.44 bits per heavy atom. The standard InChI is InChI=1S/C12H15BrN2O2S/c1-2-7-15-18(16,17)12-6-4-3-5-11(12)10(8-13)9-14/h3-6,10,15H,2,7-8H2,1H3. The zero-order valence-electron chi connectivity index (χ0n) is 10.1. The lowest BCUT2D eigenvalue weighted by Crippen LogP contribution is -2.26. The van der Waals surface area contributed by atoms with Gasteiger partial charge in [-0.05, 0) is 18.1 Å². The number of alkyl halides is 1. The minimum atomic E-state index is -3.54. The van der Waals surface area contributed by atoms with Gasteiger partial charge in [0.25, 0.3) is 0 Å². The summed E-state index contributed by atoms with van der Waals surface area (Å²) in [6.45, 7) is 2.28. The van der Waals surface area contributed by atoms with Crippen molar-refractivity contribution in [2.45, 2.75) is 24.2 Å². The first-order valence-electron chi connectivity index (χ1n) is 5.61. The van der Waals surface area contributed by atoms with Gasteiger partial charge in [0, 0.05) is 11.9 Å². The van der Waals surface area contributed by atoms with Crippen LogP contribution in [0, 0.1) is 11.3 Å². The number of sulfonamides is 1. The first-order valence-corrected chi connectivity index (χ1v) is 8.21. The van der Waals surface area contributed by atoms with Gasteiger partial charge in [-0.2, -0.15) is 5.26 Å². The van der Waals surface area contributed by atoms with E-state index in [0.717, 1.165) is 6.42 Å². The number of nitriles is 1. The van der Waals surface area contributed by atoms with Crippen molar-refractivity contribution in [3.63, 3.8) is 0 Å². The van der Waals surface area contributed by atoms with Crippen LogP contribution < -0.4 is 4.72 Å². The van der Waals surface area contributed by atoms with Gasteiger partial charge in [-0.25, -0.2) is 13.1 Å². The fourth-order valence-electron chi connectivity index (χ4n) is 1.51. The molecule has 0 heterocycles. The molecule has 0 fully saturated rings. The Labute approximate surface area is 116 Å². The zero-order valence-corrected chi connectivity index (χ0v) is 12.5. The van der Waals surface area contributed by atoms with Crippen LogP contribution in [0.1, 0.15) is 24.8 Å². The van der Waals surface area contributed by atoms with E-state index in [1.165, 1.54) is 6.07 Å². The monoisotopic (exact) mass is 330 g/mol. The van der Waals surface area contributed by atoms with Crippen molar-refractivity contribution in [3.8, 4) is 6.07 Å². The van der Waals surface area contributed by atoms with Gasteiger partial charge in [0.15, 0.2) is 0 Å². The van der Waals surface area contributed by atoms with Gasteiger partial charge < -0.3 is 0 Å². The molecule has 6 heteroatoms. The summed E-state index contributed by atoms with van der Waals surface area (Å²) in [6.07, 6.45) is 0.724. The van der Waals surface area contributed by atoms with E-state index in [2.05, 4.69) is 26.7 Å². The Bertz CT molecular complexity index is 537. The smallest absolute Gasteiger partial charge is 0.211 e. The van der Waals surface area contributed by atoms with Crippen molar-refractivity contribution in [1.82, 2.24) is 4.72 Å². The average Bonchev–Trinajstić information content (AvgIpc) is 2.38. The lowest BCUT2D eigenvalue weighted by Gasteiger charge is -2.13. The number of rotatable bonds is 6. The fraction of sp³-hybridized carbons (Fsp3) is 0.417. The predicted molar refractivity (Wildman–Crippen MR) is 74.1 cm³/mol. The highest BCUT2D eigenvalue weighted by atomic mass is 79.9. The SMILES string of the molecule is CCCNS(=O)(=O)c1ccccc1C(C#N)CBr. The molecule has 0 saturated heterocycles. The molecule has 0 spiro atoms. The highest BCUT2D eigenvalue weighted by Crippen LogP contribution is 2.25. The second kappa shape index (κ2) is 6.88. The van der Waals surface area contributed by atoms with Gasteiger partial charge in [-0.3, -0.25) is 0 Å². The highest BCUT2D eigenvalue weighted by Gasteiger charge is 2.22. The van der Waals surface area contributed by atoms with Crippen LogP contribution in [-0.2, 0) is 10.0 Å². The van der Waals surface area contributed by atoms with E-state index in [-0.39, 0.29) is 4.90 Å². The van der Waals surface area contributed by atoms with Crippen molar-refractivity contribution in [2.75, 3.05) is 11.9 Å². The minimum absolute atomic E-state index is 0.185. The quantitative estimate of drug-likeness (QED) is 0.814. The molecule has 4 nitrogen and oxygen atoms in total. The highest BCUT2D eigenvalue weighted by molar-refractivity contribution is 9.09. The Kier molecular flexibility index (Phi) is 5.79. The number of benzene rings is 1. The molecule has 0 saturated carbocycles. The Morgan fingerprint density at radius 2 is 2.11 bits per heavy atom. The minimum Gasteiger partial charge on any atom is -0.211 e. The number of nitrogens with one attached hydrogen (secondary N) is 1. The number of nitrogens with zero attached hydrogens (tertiary/aromatic N) is 1. The lowest BCUT2D eigenvalue weighted by molar-refractivity contribution is 0.579. The van der Waals surface area contributed by atoms with E-state index < -0.39 is 15.9 Å². The van der Waals surface area contributed by atoms with Crippen molar-refractivity contribution in [3.05, 3.63) is 29.8 Å². The Balaban J connectivity index is 3.21. The van der Waals surface area contributed by atoms with Crippen molar-refractivity contribution >= 4 is 26.0 Å². The summed E-state index contributed by atoms with van der Waals surface area (Å²) in [4.78, 5) is 0.185. The maximum Gasteiger partial charge on any atom is 0.240 e. The van der Waals surface area contributed by atoms with Gasteiger partial charge >= 0.3 is 0 Å². The molecule has 0 aromatic heterocycles. The Hall–Kier alpha value is -0.900. The molecule has 1 aromatic rings. The molecular weight excluding hydrogens is 316 g/mol. The van der Waals surface area contributed by atoms with Gasteiger partial charge in [0.05, 0.1) is 16.9 Å². The van der Waals surface area contributed by atoms with Crippen LogP contribution in [0.4, 0.5) is 0 Å². The molecular formula is C12H15BrN2O2S. The second-order valence-corrected chi connectivity index (χ2v) is 6.15. The third-order valence-electron chi connectivity index (χ3n) is 2.44. The molecule has 1 atom stereocenters. The molecule has 98 valence electrons. The largest absolute Gasteiger partial charge is 0.240 e. The lowest BCUT2D eigenvalue weighted by atomic mass is 10.0. The molecule has 1 rings (SSSR count). The molecule has 0 aliphatic rings. The van der Waals surface area contributed by atoms with E-state index in [1.807, 2.05) is 6.92 Å². The number of halogens is 1. The third-order valence-corrected chi connectivity index (χ3v) is 4.62. The van der Waals surface area contributed by atoms with E-state index in [1.54, 1.807) is 18.2 Å². The summed E-state index contributed by atoms with van der Waals surface area (Å²) in [5.41, 5.74) is 0.528. The average molecular weight is 331 g/mol.